The first-order valence-corrected chi connectivity index (χ1v) is 6.97. The molecule has 0 atom stereocenters. The molecule has 0 saturated carbocycles. The number of amides is 1. The Balaban J connectivity index is 0.00000225. The zero-order valence-electron chi connectivity index (χ0n) is 12.7. The lowest BCUT2D eigenvalue weighted by Gasteiger charge is -2.07. The Kier molecular flexibility index (Phi) is 5.61. The van der Waals surface area contributed by atoms with E-state index < -0.39 is 17.5 Å². The van der Waals surface area contributed by atoms with Gasteiger partial charge in [0.05, 0.1) is 0 Å². The topological polar surface area (TPSA) is 80.9 Å². The molecular weight excluding hydrogens is 350 g/mol. The number of nitrogens with one attached hydrogen (secondary N) is 1. The van der Waals surface area contributed by atoms with E-state index in [0.717, 1.165) is 23.3 Å². The second-order valence-corrected chi connectivity index (χ2v) is 5.02. The Hall–Kier alpha value is -3.06. The Labute approximate surface area is 148 Å². The molecule has 0 aliphatic heterocycles. The van der Waals surface area contributed by atoms with Gasteiger partial charge in [-0.15, -0.1) is 12.4 Å². The zero-order chi connectivity index (χ0) is 17.1. The number of aromatic nitrogens is 2. The maximum absolute atomic E-state index is 13.2. The second kappa shape index (κ2) is 7.67. The van der Waals surface area contributed by atoms with E-state index in [9.17, 15) is 13.6 Å². The SMILES string of the molecule is Cl.Nc1ncc(-c2ccc(NC(=O)c3cc(F)cc(F)c3)cc2)cn1. The molecule has 0 aliphatic rings. The van der Waals surface area contributed by atoms with Crippen LogP contribution in [0.5, 0.6) is 0 Å². The molecule has 5 nitrogen and oxygen atoms in total. The van der Waals surface area contributed by atoms with Gasteiger partial charge in [0, 0.05) is 35.3 Å². The molecule has 0 radical (unpaired) electrons. The average molecular weight is 363 g/mol. The molecule has 0 spiro atoms. The predicted octanol–water partition coefficient (Wildman–Crippen LogP) is 3.68. The summed E-state index contributed by atoms with van der Waals surface area (Å²) >= 11 is 0. The van der Waals surface area contributed by atoms with Crippen LogP contribution in [0.15, 0.2) is 54.9 Å². The number of hydrogen-bond donors (Lipinski definition) is 2. The molecule has 3 rings (SSSR count). The van der Waals surface area contributed by atoms with Gasteiger partial charge in [0.15, 0.2) is 0 Å². The third-order valence-corrected chi connectivity index (χ3v) is 3.27. The van der Waals surface area contributed by atoms with E-state index in [1.807, 2.05) is 0 Å². The van der Waals surface area contributed by atoms with Gasteiger partial charge < -0.3 is 11.1 Å². The maximum atomic E-state index is 13.2. The standard InChI is InChI=1S/C17H12F2N4O.ClH/c18-13-5-11(6-14(19)7-13)16(24)23-15-3-1-10(2-4-15)12-8-21-17(20)22-9-12;/h1-9H,(H,23,24)(H2,20,21,22);1H. The number of carbonyl (C=O) groups is 1. The maximum Gasteiger partial charge on any atom is 0.255 e. The van der Waals surface area contributed by atoms with Gasteiger partial charge in [-0.3, -0.25) is 4.79 Å². The molecule has 0 fully saturated rings. The highest BCUT2D eigenvalue weighted by atomic mass is 35.5. The van der Waals surface area contributed by atoms with Gasteiger partial charge in [0.1, 0.15) is 11.6 Å². The Morgan fingerprint density at radius 2 is 1.48 bits per heavy atom. The van der Waals surface area contributed by atoms with Crippen LogP contribution >= 0.6 is 12.4 Å². The van der Waals surface area contributed by atoms with Crippen molar-refractivity contribution in [3.8, 4) is 11.1 Å². The van der Waals surface area contributed by atoms with Crippen molar-refractivity contribution >= 4 is 29.9 Å². The highest BCUT2D eigenvalue weighted by molar-refractivity contribution is 6.04. The smallest absolute Gasteiger partial charge is 0.255 e. The van der Waals surface area contributed by atoms with Crippen molar-refractivity contribution in [1.29, 1.82) is 0 Å². The second-order valence-electron chi connectivity index (χ2n) is 5.02. The number of hydrogen-bond acceptors (Lipinski definition) is 4. The van der Waals surface area contributed by atoms with Gasteiger partial charge in [-0.2, -0.15) is 0 Å². The quantitative estimate of drug-likeness (QED) is 0.744. The highest BCUT2D eigenvalue weighted by Gasteiger charge is 2.10. The monoisotopic (exact) mass is 362 g/mol. The first-order chi connectivity index (χ1) is 11.5. The fourth-order valence-corrected chi connectivity index (χ4v) is 2.12. The predicted molar refractivity (Wildman–Crippen MR) is 93.4 cm³/mol. The fourth-order valence-electron chi connectivity index (χ4n) is 2.12. The van der Waals surface area contributed by atoms with E-state index in [-0.39, 0.29) is 23.9 Å². The van der Waals surface area contributed by atoms with E-state index in [1.165, 1.54) is 0 Å². The molecule has 25 heavy (non-hydrogen) atoms. The van der Waals surface area contributed by atoms with Crippen LogP contribution in [-0.4, -0.2) is 15.9 Å². The van der Waals surface area contributed by atoms with Gasteiger partial charge in [-0.25, -0.2) is 18.7 Å². The molecule has 128 valence electrons. The number of nitrogen functional groups attached to an aromatic ring is 1. The fraction of sp³-hybridized carbons (Fsp3) is 0. The minimum atomic E-state index is -0.807. The summed E-state index contributed by atoms with van der Waals surface area (Å²) in [6.45, 7) is 0. The summed E-state index contributed by atoms with van der Waals surface area (Å²) in [6, 6.07) is 9.50. The largest absolute Gasteiger partial charge is 0.368 e. The minimum absolute atomic E-state index is 0. The first kappa shape index (κ1) is 18.3. The van der Waals surface area contributed by atoms with Gasteiger partial charge in [0.25, 0.3) is 5.91 Å². The Morgan fingerprint density at radius 3 is 2.04 bits per heavy atom. The molecule has 1 amide bonds. The van der Waals surface area contributed by atoms with E-state index in [4.69, 9.17) is 5.73 Å². The van der Waals surface area contributed by atoms with E-state index in [0.29, 0.717) is 11.8 Å². The van der Waals surface area contributed by atoms with Crippen molar-refractivity contribution < 1.29 is 13.6 Å². The van der Waals surface area contributed by atoms with Crippen molar-refractivity contribution in [2.45, 2.75) is 0 Å². The number of nitrogens with two attached hydrogens (primary N) is 1. The summed E-state index contributed by atoms with van der Waals surface area (Å²) in [7, 11) is 0. The van der Waals surface area contributed by atoms with Crippen LogP contribution in [-0.2, 0) is 0 Å². The summed E-state index contributed by atoms with van der Waals surface area (Å²) in [6.07, 6.45) is 3.18. The number of rotatable bonds is 3. The summed E-state index contributed by atoms with van der Waals surface area (Å²) in [5, 5.41) is 2.58. The molecule has 8 heteroatoms. The van der Waals surface area contributed by atoms with Crippen molar-refractivity contribution in [2.24, 2.45) is 0 Å². The molecule has 3 aromatic rings. The lowest BCUT2D eigenvalue weighted by molar-refractivity contribution is 0.102. The summed E-state index contributed by atoms with van der Waals surface area (Å²) in [4.78, 5) is 19.8. The number of carbonyl (C=O) groups excluding carboxylic acids is 1. The van der Waals surface area contributed by atoms with Crippen LogP contribution < -0.4 is 11.1 Å². The van der Waals surface area contributed by atoms with Crippen molar-refractivity contribution in [3.63, 3.8) is 0 Å². The van der Waals surface area contributed by atoms with Crippen LogP contribution in [0.2, 0.25) is 0 Å². The van der Waals surface area contributed by atoms with Gasteiger partial charge in [-0.05, 0) is 29.8 Å². The van der Waals surface area contributed by atoms with Gasteiger partial charge in [0.2, 0.25) is 5.95 Å². The molecular formula is C17H13ClF2N4O. The van der Waals surface area contributed by atoms with Gasteiger partial charge >= 0.3 is 0 Å². The molecule has 1 aromatic heterocycles. The Bertz CT molecular complexity index is 866. The molecule has 0 bridgehead atoms. The van der Waals surface area contributed by atoms with Crippen LogP contribution in [0.25, 0.3) is 11.1 Å². The first-order valence-electron chi connectivity index (χ1n) is 6.97. The van der Waals surface area contributed by atoms with Gasteiger partial charge in [-0.1, -0.05) is 12.1 Å². The highest BCUT2D eigenvalue weighted by Crippen LogP contribution is 2.21. The van der Waals surface area contributed by atoms with E-state index >= 15 is 0 Å². The van der Waals surface area contributed by atoms with Crippen LogP contribution in [0.3, 0.4) is 0 Å². The number of halogens is 3. The van der Waals surface area contributed by atoms with Crippen LogP contribution in [0, 0.1) is 11.6 Å². The van der Waals surface area contributed by atoms with Crippen LogP contribution in [0.4, 0.5) is 20.4 Å². The third kappa shape index (κ3) is 4.48. The molecule has 1 heterocycles. The molecule has 0 aliphatic carbocycles. The van der Waals surface area contributed by atoms with E-state index in [2.05, 4.69) is 15.3 Å². The summed E-state index contributed by atoms with van der Waals surface area (Å²) < 4.78 is 26.3. The van der Waals surface area contributed by atoms with Crippen molar-refractivity contribution in [1.82, 2.24) is 9.97 Å². The molecule has 0 unspecified atom stereocenters. The lowest BCUT2D eigenvalue weighted by Crippen LogP contribution is -2.12. The summed E-state index contributed by atoms with van der Waals surface area (Å²) in [5.74, 6) is -2.03. The average Bonchev–Trinajstić information content (AvgIpc) is 2.55. The number of nitrogens with zero attached hydrogens (tertiary/aromatic N) is 2. The van der Waals surface area contributed by atoms with Crippen molar-refractivity contribution in [3.05, 3.63) is 72.1 Å². The molecule has 3 N–H and O–H groups in total. The third-order valence-electron chi connectivity index (χ3n) is 3.27. The normalized spacial score (nSPS) is 10.0. The summed E-state index contributed by atoms with van der Waals surface area (Å²) in [5.41, 5.74) is 7.44. The molecule has 0 saturated heterocycles. The number of anilines is 2. The Morgan fingerprint density at radius 1 is 0.920 bits per heavy atom. The van der Waals surface area contributed by atoms with Crippen LogP contribution in [0.1, 0.15) is 10.4 Å². The zero-order valence-corrected chi connectivity index (χ0v) is 13.6. The molecule has 2 aromatic carbocycles. The minimum Gasteiger partial charge on any atom is -0.368 e. The number of benzene rings is 2. The van der Waals surface area contributed by atoms with Crippen molar-refractivity contribution in [2.75, 3.05) is 11.1 Å². The lowest BCUT2D eigenvalue weighted by atomic mass is 10.1. The van der Waals surface area contributed by atoms with E-state index in [1.54, 1.807) is 36.7 Å².